The quantitative estimate of drug-likeness (QED) is 0.597. The summed E-state index contributed by atoms with van der Waals surface area (Å²) in [5.41, 5.74) is 2.68. The molecule has 2 aliphatic heterocycles. The van der Waals surface area contributed by atoms with Gasteiger partial charge < -0.3 is 25.2 Å². The lowest BCUT2D eigenvalue weighted by Crippen LogP contribution is -2.47. The standard InChI is InChI=1S/C25H29N3O5/c29-14-22-24-20(10-18(32-22)11-23(30)27-13-15-3-2-8-26-12-15)19-9-17(6-7-21(19)33-24)28-25(31)16-4-1-5-16/h2-3,6-9,12,16,18,20,22,24,29H,1,4-5,10-11,13-14H2,(H,27,30)(H,28,31)/t18-,20-,22+,24+/m0/s1. The predicted molar refractivity (Wildman–Crippen MR) is 121 cm³/mol. The number of fused-ring (bicyclic) bond motifs is 3. The first-order valence-electron chi connectivity index (χ1n) is 11.6. The minimum Gasteiger partial charge on any atom is -0.487 e. The number of nitrogens with zero attached hydrogens (tertiary/aromatic N) is 1. The molecule has 4 atom stereocenters. The molecule has 3 heterocycles. The van der Waals surface area contributed by atoms with Gasteiger partial charge in [-0.3, -0.25) is 14.6 Å². The van der Waals surface area contributed by atoms with E-state index in [2.05, 4.69) is 15.6 Å². The van der Waals surface area contributed by atoms with E-state index in [0.29, 0.717) is 13.0 Å². The van der Waals surface area contributed by atoms with Crippen LogP contribution in [0.15, 0.2) is 42.7 Å². The Bertz CT molecular complexity index is 1010. The van der Waals surface area contributed by atoms with E-state index in [-0.39, 0.29) is 48.9 Å². The minimum absolute atomic E-state index is 0.0115. The van der Waals surface area contributed by atoms with Crippen molar-refractivity contribution < 1.29 is 24.2 Å². The van der Waals surface area contributed by atoms with Gasteiger partial charge in [0.2, 0.25) is 11.8 Å². The number of aliphatic hydroxyl groups is 1. The fourth-order valence-electron chi connectivity index (χ4n) is 4.86. The molecule has 5 rings (SSSR count). The maximum atomic E-state index is 12.5. The molecular weight excluding hydrogens is 422 g/mol. The summed E-state index contributed by atoms with van der Waals surface area (Å²) in [7, 11) is 0. The van der Waals surface area contributed by atoms with Gasteiger partial charge in [0, 0.05) is 42.0 Å². The number of hydrogen-bond acceptors (Lipinski definition) is 6. The van der Waals surface area contributed by atoms with Crippen LogP contribution in [0.1, 0.15) is 49.1 Å². The monoisotopic (exact) mass is 451 g/mol. The van der Waals surface area contributed by atoms with Crippen molar-refractivity contribution in [1.82, 2.24) is 10.3 Å². The number of carbonyl (C=O) groups excluding carboxylic acids is 2. The maximum absolute atomic E-state index is 12.5. The molecular formula is C25H29N3O5. The minimum atomic E-state index is -0.514. The molecule has 8 nitrogen and oxygen atoms in total. The van der Waals surface area contributed by atoms with Gasteiger partial charge >= 0.3 is 0 Å². The second-order valence-corrected chi connectivity index (χ2v) is 9.12. The van der Waals surface area contributed by atoms with Crippen molar-refractivity contribution in [2.45, 2.75) is 62.9 Å². The van der Waals surface area contributed by atoms with Crippen molar-refractivity contribution in [3.05, 3.63) is 53.9 Å². The fraction of sp³-hybridized carbons (Fsp3) is 0.480. The van der Waals surface area contributed by atoms with Crippen molar-refractivity contribution >= 4 is 17.5 Å². The van der Waals surface area contributed by atoms with Gasteiger partial charge in [-0.1, -0.05) is 12.5 Å². The lowest BCUT2D eigenvalue weighted by Gasteiger charge is -2.37. The summed E-state index contributed by atoms with van der Waals surface area (Å²) in [5, 5.41) is 15.9. The van der Waals surface area contributed by atoms with Crippen molar-refractivity contribution in [3.63, 3.8) is 0 Å². The van der Waals surface area contributed by atoms with Crippen LogP contribution < -0.4 is 15.4 Å². The van der Waals surface area contributed by atoms with Gasteiger partial charge in [-0.25, -0.2) is 0 Å². The number of hydrogen-bond donors (Lipinski definition) is 3. The van der Waals surface area contributed by atoms with Crippen LogP contribution in [0.4, 0.5) is 5.69 Å². The second kappa shape index (κ2) is 9.49. The van der Waals surface area contributed by atoms with Crippen molar-refractivity contribution in [2.24, 2.45) is 5.92 Å². The molecule has 2 aromatic rings. The lowest BCUT2D eigenvalue weighted by molar-refractivity contribution is -0.142. The molecule has 1 aliphatic carbocycles. The molecule has 8 heteroatoms. The molecule has 0 unspecified atom stereocenters. The lowest BCUT2D eigenvalue weighted by atomic mass is 9.83. The first kappa shape index (κ1) is 21.9. The highest BCUT2D eigenvalue weighted by molar-refractivity contribution is 5.93. The molecule has 1 aromatic carbocycles. The van der Waals surface area contributed by atoms with Crippen LogP contribution in [0.2, 0.25) is 0 Å². The molecule has 3 aliphatic rings. The number of amides is 2. The molecule has 2 fully saturated rings. The Kier molecular flexibility index (Phi) is 6.28. The van der Waals surface area contributed by atoms with Gasteiger partial charge in [0.1, 0.15) is 18.0 Å². The Morgan fingerprint density at radius 1 is 1.21 bits per heavy atom. The van der Waals surface area contributed by atoms with Crippen molar-refractivity contribution in [2.75, 3.05) is 11.9 Å². The van der Waals surface area contributed by atoms with E-state index in [1.807, 2.05) is 30.3 Å². The molecule has 33 heavy (non-hydrogen) atoms. The van der Waals surface area contributed by atoms with E-state index in [4.69, 9.17) is 9.47 Å². The summed E-state index contributed by atoms with van der Waals surface area (Å²) in [5.74, 6) is 0.802. The summed E-state index contributed by atoms with van der Waals surface area (Å²) in [4.78, 5) is 29.0. The van der Waals surface area contributed by atoms with E-state index >= 15 is 0 Å². The Morgan fingerprint density at radius 2 is 2.09 bits per heavy atom. The summed E-state index contributed by atoms with van der Waals surface area (Å²) in [6.07, 6.45) is 6.07. The smallest absolute Gasteiger partial charge is 0.227 e. The number of nitrogens with one attached hydrogen (secondary N) is 2. The van der Waals surface area contributed by atoms with Crippen LogP contribution in [0.3, 0.4) is 0 Å². The Balaban J connectivity index is 1.25. The molecule has 0 spiro atoms. The SMILES string of the molecule is O=C(C[C@@H]1C[C@H]2c3cc(NC(=O)C4CCC4)ccc3O[C@H]2[C@@H](CO)O1)NCc1cccnc1. The number of rotatable bonds is 7. The van der Waals surface area contributed by atoms with Crippen LogP contribution in [-0.2, 0) is 20.9 Å². The number of aliphatic hydroxyl groups excluding tert-OH is 1. The van der Waals surface area contributed by atoms with Crippen molar-refractivity contribution in [1.29, 1.82) is 0 Å². The van der Waals surface area contributed by atoms with Gasteiger partial charge in [0.15, 0.2) is 0 Å². The number of pyridine rings is 1. The number of carbonyl (C=O) groups is 2. The Morgan fingerprint density at radius 3 is 2.82 bits per heavy atom. The molecule has 1 saturated heterocycles. The highest BCUT2D eigenvalue weighted by Gasteiger charge is 2.46. The van der Waals surface area contributed by atoms with Gasteiger partial charge in [-0.2, -0.15) is 0 Å². The van der Waals surface area contributed by atoms with Gasteiger partial charge in [0.25, 0.3) is 0 Å². The second-order valence-electron chi connectivity index (χ2n) is 9.12. The molecule has 0 radical (unpaired) electrons. The number of ether oxygens (including phenoxy) is 2. The van der Waals surface area contributed by atoms with Gasteiger partial charge in [-0.05, 0) is 49.1 Å². The third-order valence-electron chi connectivity index (χ3n) is 6.87. The van der Waals surface area contributed by atoms with E-state index in [0.717, 1.165) is 41.8 Å². The number of aromatic nitrogens is 1. The largest absolute Gasteiger partial charge is 0.487 e. The Hall–Kier alpha value is -2.97. The van der Waals surface area contributed by atoms with Crippen LogP contribution >= 0.6 is 0 Å². The predicted octanol–water partition coefficient (Wildman–Crippen LogP) is 2.52. The zero-order valence-corrected chi connectivity index (χ0v) is 18.4. The molecule has 1 saturated carbocycles. The maximum Gasteiger partial charge on any atom is 0.227 e. The normalized spacial score (nSPS) is 25.8. The van der Waals surface area contributed by atoms with Gasteiger partial charge in [0.05, 0.1) is 19.1 Å². The molecule has 0 bridgehead atoms. The van der Waals surface area contributed by atoms with Crippen LogP contribution in [0, 0.1) is 5.92 Å². The van der Waals surface area contributed by atoms with E-state index < -0.39 is 6.10 Å². The number of anilines is 1. The topological polar surface area (TPSA) is 110 Å². The third-order valence-corrected chi connectivity index (χ3v) is 6.87. The molecule has 1 aromatic heterocycles. The highest BCUT2D eigenvalue weighted by Crippen LogP contribution is 2.47. The van der Waals surface area contributed by atoms with Crippen LogP contribution in [0.5, 0.6) is 5.75 Å². The number of benzene rings is 1. The average molecular weight is 452 g/mol. The van der Waals surface area contributed by atoms with Gasteiger partial charge in [-0.15, -0.1) is 0 Å². The molecule has 3 N–H and O–H groups in total. The highest BCUT2D eigenvalue weighted by atomic mass is 16.6. The summed E-state index contributed by atoms with van der Waals surface area (Å²) < 4.78 is 12.1. The zero-order valence-electron chi connectivity index (χ0n) is 18.4. The van der Waals surface area contributed by atoms with E-state index in [1.54, 1.807) is 12.4 Å². The molecule has 174 valence electrons. The first-order chi connectivity index (χ1) is 16.1. The summed E-state index contributed by atoms with van der Waals surface area (Å²) >= 11 is 0. The summed E-state index contributed by atoms with van der Waals surface area (Å²) in [6, 6.07) is 9.43. The van der Waals surface area contributed by atoms with E-state index in [9.17, 15) is 14.7 Å². The summed E-state index contributed by atoms with van der Waals surface area (Å²) in [6.45, 7) is 0.221. The van der Waals surface area contributed by atoms with Crippen LogP contribution in [-0.4, -0.2) is 46.8 Å². The first-order valence-corrected chi connectivity index (χ1v) is 11.6. The Labute approximate surface area is 192 Å². The molecule has 2 amide bonds. The van der Waals surface area contributed by atoms with Crippen LogP contribution in [0.25, 0.3) is 0 Å². The third kappa shape index (κ3) is 4.72. The average Bonchev–Trinajstić information content (AvgIpc) is 3.14. The zero-order chi connectivity index (χ0) is 22.8. The fourth-order valence-corrected chi connectivity index (χ4v) is 4.86. The van der Waals surface area contributed by atoms with Crippen molar-refractivity contribution in [3.8, 4) is 5.75 Å². The van der Waals surface area contributed by atoms with E-state index in [1.165, 1.54) is 0 Å².